The van der Waals surface area contributed by atoms with Gasteiger partial charge in [0.25, 0.3) is 5.91 Å². The van der Waals surface area contributed by atoms with Crippen LogP contribution in [0.4, 0.5) is 13.2 Å². The maximum Gasteiger partial charge on any atom is 0.416 e. The molecule has 0 radical (unpaired) electrons. The van der Waals surface area contributed by atoms with Gasteiger partial charge in [-0.1, -0.05) is 12.1 Å². The van der Waals surface area contributed by atoms with E-state index in [9.17, 15) is 31.2 Å². The van der Waals surface area contributed by atoms with Crippen molar-refractivity contribution in [1.82, 2.24) is 5.32 Å². The summed E-state index contributed by atoms with van der Waals surface area (Å²) in [4.78, 5) is 23.1. The lowest BCUT2D eigenvalue weighted by atomic mass is 10.1. The second kappa shape index (κ2) is 7.90. The Hall–Kier alpha value is -2.36. The van der Waals surface area contributed by atoms with Gasteiger partial charge >= 0.3 is 12.1 Å². The fourth-order valence-electron chi connectivity index (χ4n) is 2.31. The highest BCUT2D eigenvalue weighted by Gasteiger charge is 2.30. The molecule has 2 rings (SSSR count). The van der Waals surface area contributed by atoms with Crippen molar-refractivity contribution in [3.8, 4) is 0 Å². The van der Waals surface area contributed by atoms with Crippen molar-refractivity contribution < 1.29 is 35.9 Å². The minimum absolute atomic E-state index is 0.00754. The molecule has 1 N–H and O–H groups in total. The normalized spacial score (nSPS) is 19.4. The highest BCUT2D eigenvalue weighted by Crippen LogP contribution is 2.29. The van der Waals surface area contributed by atoms with Gasteiger partial charge in [-0.2, -0.15) is 13.2 Å². The first-order chi connectivity index (χ1) is 12.0. The minimum atomic E-state index is -4.44. The molecule has 1 atom stereocenters. The van der Waals surface area contributed by atoms with E-state index in [1.165, 1.54) is 18.2 Å². The Morgan fingerprint density at radius 2 is 1.88 bits per heavy atom. The maximum atomic E-state index is 12.4. The molecule has 1 unspecified atom stereocenters. The second-order valence-electron chi connectivity index (χ2n) is 5.73. The number of amides is 1. The van der Waals surface area contributed by atoms with Gasteiger partial charge in [-0.05, 0) is 30.2 Å². The van der Waals surface area contributed by atoms with Crippen molar-refractivity contribution >= 4 is 27.8 Å². The second-order valence-corrected chi connectivity index (χ2v) is 7.96. The van der Waals surface area contributed by atoms with Gasteiger partial charge in [-0.25, -0.2) is 13.2 Å². The number of rotatable bonds is 5. The van der Waals surface area contributed by atoms with Crippen molar-refractivity contribution in [3.63, 3.8) is 0 Å². The summed E-state index contributed by atoms with van der Waals surface area (Å²) in [6.07, 6.45) is -1.89. The molecule has 0 aliphatic carbocycles. The predicted molar refractivity (Wildman–Crippen MR) is 86.6 cm³/mol. The van der Waals surface area contributed by atoms with E-state index in [0.717, 1.165) is 18.2 Å². The standard InChI is InChI=1S/C16H16F3NO5S/c17-16(18,19)12-4-1-11(2-5-12)3-6-15(22)25-9-14(21)20-13-7-8-26(23,24)10-13/h1-6,13H,7-10H2,(H,20,21). The predicted octanol–water partition coefficient (Wildman–Crippen LogP) is 1.57. The Kier molecular flexibility index (Phi) is 6.06. The van der Waals surface area contributed by atoms with E-state index in [0.29, 0.717) is 12.0 Å². The molecular weight excluding hydrogens is 375 g/mol. The van der Waals surface area contributed by atoms with E-state index in [2.05, 4.69) is 5.32 Å². The topological polar surface area (TPSA) is 89.5 Å². The van der Waals surface area contributed by atoms with Crippen LogP contribution >= 0.6 is 0 Å². The van der Waals surface area contributed by atoms with Crippen molar-refractivity contribution in [1.29, 1.82) is 0 Å². The van der Waals surface area contributed by atoms with E-state index < -0.39 is 46.1 Å². The van der Waals surface area contributed by atoms with Crippen molar-refractivity contribution in [2.75, 3.05) is 18.1 Å². The van der Waals surface area contributed by atoms with Crippen LogP contribution in [0.15, 0.2) is 30.3 Å². The Morgan fingerprint density at radius 3 is 2.42 bits per heavy atom. The molecule has 0 spiro atoms. The lowest BCUT2D eigenvalue weighted by Gasteiger charge is -2.10. The molecule has 1 aliphatic rings. The molecular formula is C16H16F3NO5S. The fraction of sp³-hybridized carbons (Fsp3) is 0.375. The van der Waals surface area contributed by atoms with Crippen molar-refractivity contribution in [3.05, 3.63) is 41.5 Å². The summed E-state index contributed by atoms with van der Waals surface area (Å²) in [7, 11) is -3.13. The number of ether oxygens (including phenoxy) is 1. The van der Waals surface area contributed by atoms with Crippen LogP contribution in [0, 0.1) is 0 Å². The third-order valence-corrected chi connectivity index (χ3v) is 5.36. The summed E-state index contributed by atoms with van der Waals surface area (Å²) in [6, 6.07) is 3.66. The summed E-state index contributed by atoms with van der Waals surface area (Å²) in [5.74, 6) is -1.60. The number of esters is 1. The van der Waals surface area contributed by atoms with E-state index >= 15 is 0 Å². The zero-order valence-electron chi connectivity index (χ0n) is 13.5. The minimum Gasteiger partial charge on any atom is -0.452 e. The molecule has 0 aromatic heterocycles. The summed E-state index contributed by atoms with van der Waals surface area (Å²) >= 11 is 0. The Labute approximate surface area is 147 Å². The van der Waals surface area contributed by atoms with Crippen LogP contribution in [0.25, 0.3) is 6.08 Å². The zero-order chi connectivity index (χ0) is 19.4. The average Bonchev–Trinajstić information content (AvgIpc) is 2.89. The largest absolute Gasteiger partial charge is 0.452 e. The van der Waals surface area contributed by atoms with Gasteiger partial charge in [-0.15, -0.1) is 0 Å². The van der Waals surface area contributed by atoms with Crippen LogP contribution in [0.1, 0.15) is 17.5 Å². The molecule has 1 amide bonds. The summed E-state index contributed by atoms with van der Waals surface area (Å²) in [6.45, 7) is -0.577. The Bertz CT molecular complexity index is 800. The number of halogens is 3. The molecule has 26 heavy (non-hydrogen) atoms. The molecule has 1 fully saturated rings. The highest BCUT2D eigenvalue weighted by atomic mass is 32.2. The molecule has 10 heteroatoms. The molecule has 0 bridgehead atoms. The van der Waals surface area contributed by atoms with Crippen molar-refractivity contribution in [2.45, 2.75) is 18.6 Å². The number of carbonyl (C=O) groups is 2. The van der Waals surface area contributed by atoms with Crippen molar-refractivity contribution in [2.24, 2.45) is 0 Å². The highest BCUT2D eigenvalue weighted by molar-refractivity contribution is 7.91. The van der Waals surface area contributed by atoms with Crippen LogP contribution in [0.3, 0.4) is 0 Å². The molecule has 1 aliphatic heterocycles. The number of hydrogen-bond donors (Lipinski definition) is 1. The first-order valence-electron chi connectivity index (χ1n) is 7.57. The molecule has 1 saturated heterocycles. The monoisotopic (exact) mass is 391 g/mol. The maximum absolute atomic E-state index is 12.4. The molecule has 142 valence electrons. The van der Waals surface area contributed by atoms with Crippen LogP contribution in [0.5, 0.6) is 0 Å². The Morgan fingerprint density at radius 1 is 1.23 bits per heavy atom. The molecule has 6 nitrogen and oxygen atoms in total. The summed E-state index contributed by atoms with van der Waals surface area (Å²) in [5.41, 5.74) is -0.446. The van der Waals surface area contributed by atoms with Gasteiger partial charge in [0.05, 0.1) is 17.1 Å². The van der Waals surface area contributed by atoms with Crippen LogP contribution in [-0.2, 0) is 30.3 Å². The molecule has 1 heterocycles. The van der Waals surface area contributed by atoms with E-state index in [1.54, 1.807) is 0 Å². The SMILES string of the molecule is O=C(COC(=O)C=Cc1ccc(C(F)(F)F)cc1)NC1CCS(=O)(=O)C1. The van der Waals surface area contributed by atoms with Crippen LogP contribution in [-0.4, -0.2) is 44.4 Å². The number of alkyl halides is 3. The third kappa shape index (κ3) is 6.17. The Balaban J connectivity index is 1.77. The number of benzene rings is 1. The fourth-order valence-corrected chi connectivity index (χ4v) is 3.98. The summed E-state index contributed by atoms with van der Waals surface area (Å²) in [5, 5.41) is 2.46. The van der Waals surface area contributed by atoms with Gasteiger partial charge in [0.2, 0.25) is 0 Å². The number of sulfone groups is 1. The molecule has 0 saturated carbocycles. The lowest BCUT2D eigenvalue weighted by molar-refractivity contribution is -0.144. The number of hydrogen-bond acceptors (Lipinski definition) is 5. The first-order valence-corrected chi connectivity index (χ1v) is 9.39. The van der Waals surface area contributed by atoms with Gasteiger partial charge in [-0.3, -0.25) is 4.79 Å². The average molecular weight is 391 g/mol. The number of carbonyl (C=O) groups excluding carboxylic acids is 2. The quantitative estimate of drug-likeness (QED) is 0.608. The van der Waals surface area contributed by atoms with E-state index in [1.807, 2.05) is 0 Å². The zero-order valence-corrected chi connectivity index (χ0v) is 14.3. The molecule has 1 aromatic carbocycles. The van der Waals surface area contributed by atoms with E-state index in [4.69, 9.17) is 4.74 Å². The van der Waals surface area contributed by atoms with Gasteiger partial charge in [0.1, 0.15) is 0 Å². The van der Waals surface area contributed by atoms with Crippen LogP contribution < -0.4 is 5.32 Å². The lowest BCUT2D eigenvalue weighted by Crippen LogP contribution is -2.38. The van der Waals surface area contributed by atoms with Gasteiger partial charge in [0.15, 0.2) is 16.4 Å². The number of nitrogens with one attached hydrogen (secondary N) is 1. The molecule has 1 aromatic rings. The van der Waals surface area contributed by atoms with E-state index in [-0.39, 0.29) is 11.5 Å². The van der Waals surface area contributed by atoms with Gasteiger partial charge < -0.3 is 10.1 Å². The third-order valence-electron chi connectivity index (χ3n) is 3.59. The smallest absolute Gasteiger partial charge is 0.416 e. The van der Waals surface area contributed by atoms with Gasteiger partial charge in [0, 0.05) is 12.1 Å². The first kappa shape index (κ1) is 20.0. The summed E-state index contributed by atoms with van der Waals surface area (Å²) < 4.78 is 64.6. The van der Waals surface area contributed by atoms with Crippen LogP contribution in [0.2, 0.25) is 0 Å².